The van der Waals surface area contributed by atoms with Gasteiger partial charge in [0.1, 0.15) is 13.3 Å². The van der Waals surface area contributed by atoms with Gasteiger partial charge in [-0.1, -0.05) is 25.7 Å². The van der Waals surface area contributed by atoms with Crippen LogP contribution in [0.5, 0.6) is 5.75 Å². The lowest BCUT2D eigenvalue weighted by atomic mass is 10.2. The molecule has 1 rings (SSSR count). The molecule has 12 heteroatoms. The van der Waals surface area contributed by atoms with Gasteiger partial charge in [-0.25, -0.2) is 9.48 Å². The summed E-state index contributed by atoms with van der Waals surface area (Å²) in [7, 11) is -1.37. The Balaban J connectivity index is 2.72. The van der Waals surface area contributed by atoms with Gasteiger partial charge in [0.25, 0.3) is 5.56 Å². The van der Waals surface area contributed by atoms with E-state index < -0.39 is 37.1 Å². The summed E-state index contributed by atoms with van der Waals surface area (Å²) in [4.78, 5) is 22.5. The first-order valence-electron chi connectivity index (χ1n) is 8.77. The molecule has 0 aromatic carbocycles. The van der Waals surface area contributed by atoms with Crippen LogP contribution >= 0.6 is 0 Å². The van der Waals surface area contributed by atoms with E-state index in [4.69, 9.17) is 19.3 Å². The maximum Gasteiger partial charge on any atom is 0.425 e. The lowest BCUT2D eigenvalue weighted by Crippen LogP contribution is -2.32. The van der Waals surface area contributed by atoms with E-state index >= 15 is 0 Å². The van der Waals surface area contributed by atoms with E-state index in [1.807, 2.05) is 0 Å². The Morgan fingerprint density at radius 1 is 1.24 bits per heavy atom. The minimum atomic E-state index is -4.93. The van der Waals surface area contributed by atoms with Crippen molar-refractivity contribution in [2.24, 2.45) is 0 Å². The van der Waals surface area contributed by atoms with Gasteiger partial charge >= 0.3 is 12.1 Å². The topological polar surface area (TPSA) is 99.9 Å². The molecule has 0 saturated carbocycles. The number of aliphatic carboxylic acids is 1. The van der Waals surface area contributed by atoms with E-state index in [9.17, 15) is 22.8 Å². The molecule has 1 heterocycles. The predicted molar refractivity (Wildman–Crippen MR) is 101 cm³/mol. The molecular formula is C17H25F3N2O6Si. The molecule has 0 spiro atoms. The first-order chi connectivity index (χ1) is 13.4. The summed E-state index contributed by atoms with van der Waals surface area (Å²) >= 11 is 0. The third-order valence-electron chi connectivity index (χ3n) is 3.46. The summed E-state index contributed by atoms with van der Waals surface area (Å²) in [5, 5.41) is 12.1. The number of carboxylic acid groups (broad SMARTS) is 1. The second-order valence-corrected chi connectivity index (χ2v) is 12.8. The molecule has 0 aliphatic heterocycles. The van der Waals surface area contributed by atoms with Gasteiger partial charge in [0.15, 0.2) is 11.3 Å². The highest BCUT2D eigenvalue weighted by molar-refractivity contribution is 6.76. The summed E-state index contributed by atoms with van der Waals surface area (Å²) in [6.45, 7) is 5.90. The summed E-state index contributed by atoms with van der Waals surface area (Å²) in [5.74, 6) is -1.85. The van der Waals surface area contributed by atoms with Gasteiger partial charge in [0, 0.05) is 20.8 Å². The Kier molecular flexibility index (Phi) is 9.53. The lowest BCUT2D eigenvalue weighted by Gasteiger charge is -2.17. The fraction of sp³-hybridized carbons (Fsp3) is 0.588. The summed E-state index contributed by atoms with van der Waals surface area (Å²) in [6, 6.07) is 0.802. The zero-order chi connectivity index (χ0) is 22.1. The maximum absolute atomic E-state index is 13.3. The van der Waals surface area contributed by atoms with Crippen molar-refractivity contribution in [3.8, 4) is 5.75 Å². The molecule has 0 aliphatic carbocycles. The number of nitrogens with zero attached hydrogens (tertiary/aromatic N) is 2. The molecule has 8 nitrogen and oxygen atoms in total. The average Bonchev–Trinajstić information content (AvgIpc) is 2.57. The van der Waals surface area contributed by atoms with Crippen LogP contribution in [0.4, 0.5) is 13.2 Å². The van der Waals surface area contributed by atoms with Gasteiger partial charge in [-0.05, 0) is 6.04 Å². The van der Waals surface area contributed by atoms with Crippen molar-refractivity contribution >= 4 is 14.0 Å². The number of hydrogen-bond donors (Lipinski definition) is 1. The monoisotopic (exact) mass is 438 g/mol. The van der Waals surface area contributed by atoms with Crippen molar-refractivity contribution in [2.75, 3.05) is 26.4 Å². The van der Waals surface area contributed by atoms with E-state index in [0.29, 0.717) is 11.3 Å². The third-order valence-corrected chi connectivity index (χ3v) is 5.17. The molecule has 0 radical (unpaired) electrons. The Hall–Kier alpha value is -2.18. The van der Waals surface area contributed by atoms with Crippen molar-refractivity contribution in [1.29, 1.82) is 0 Å². The van der Waals surface area contributed by atoms with Crippen LogP contribution in [0.1, 0.15) is 5.56 Å². The molecule has 0 aliphatic rings. The number of rotatable bonds is 12. The van der Waals surface area contributed by atoms with Crippen LogP contribution in [0.25, 0.3) is 0 Å². The van der Waals surface area contributed by atoms with Crippen LogP contribution in [-0.4, -0.2) is 55.4 Å². The van der Waals surface area contributed by atoms with Crippen molar-refractivity contribution in [1.82, 2.24) is 9.78 Å². The molecule has 29 heavy (non-hydrogen) atoms. The van der Waals surface area contributed by atoms with Crippen LogP contribution in [0.15, 0.2) is 23.1 Å². The summed E-state index contributed by atoms with van der Waals surface area (Å²) < 4.78 is 55.9. The van der Waals surface area contributed by atoms with E-state index in [1.165, 1.54) is 6.08 Å². The third kappa shape index (κ3) is 9.72. The molecule has 0 bridgehead atoms. The zero-order valence-corrected chi connectivity index (χ0v) is 17.5. The van der Waals surface area contributed by atoms with Crippen LogP contribution in [-0.2, 0) is 27.2 Å². The highest BCUT2D eigenvalue weighted by atomic mass is 28.3. The van der Waals surface area contributed by atoms with Gasteiger partial charge in [0.05, 0.1) is 19.4 Å². The molecule has 1 N–H and O–H groups in total. The number of carboxylic acids is 1. The zero-order valence-electron chi connectivity index (χ0n) is 16.5. The average molecular weight is 438 g/mol. The smallest absolute Gasteiger partial charge is 0.425 e. The molecule has 0 atom stereocenters. The second kappa shape index (κ2) is 11.1. The molecule has 0 saturated heterocycles. The first-order valence-corrected chi connectivity index (χ1v) is 12.5. The molecule has 164 valence electrons. The minimum absolute atomic E-state index is 0.0452. The Bertz CT molecular complexity index is 759. The van der Waals surface area contributed by atoms with Crippen LogP contribution in [0.2, 0.25) is 25.7 Å². The maximum atomic E-state index is 13.3. The first kappa shape index (κ1) is 24.9. The molecule has 0 fully saturated rings. The highest BCUT2D eigenvalue weighted by Gasteiger charge is 2.39. The van der Waals surface area contributed by atoms with Gasteiger partial charge in [-0.2, -0.15) is 18.3 Å². The largest absolute Gasteiger partial charge is 0.489 e. The van der Waals surface area contributed by atoms with Crippen molar-refractivity contribution < 1.29 is 37.3 Å². The number of ether oxygens (including phenoxy) is 3. The number of carbonyl (C=O) groups is 1. The quantitative estimate of drug-likeness (QED) is 0.304. The summed E-state index contributed by atoms with van der Waals surface area (Å²) in [6.07, 6.45) is -2.01. The van der Waals surface area contributed by atoms with Crippen molar-refractivity contribution in [3.05, 3.63) is 34.3 Å². The number of aromatic nitrogens is 2. The van der Waals surface area contributed by atoms with Crippen LogP contribution in [0, 0.1) is 0 Å². The molecule has 0 unspecified atom stereocenters. The second-order valence-electron chi connectivity index (χ2n) is 7.20. The highest BCUT2D eigenvalue weighted by Crippen LogP contribution is 2.32. The number of alkyl halides is 3. The fourth-order valence-electron chi connectivity index (χ4n) is 1.98. The van der Waals surface area contributed by atoms with E-state index in [-0.39, 0.29) is 26.6 Å². The number of hydrogen-bond acceptors (Lipinski definition) is 6. The normalized spacial score (nSPS) is 12.5. The van der Waals surface area contributed by atoms with Crippen LogP contribution in [0.3, 0.4) is 0 Å². The van der Waals surface area contributed by atoms with E-state index in [2.05, 4.69) is 24.7 Å². The van der Waals surface area contributed by atoms with Gasteiger partial charge in [-0.15, -0.1) is 0 Å². The van der Waals surface area contributed by atoms with E-state index in [0.717, 1.165) is 18.3 Å². The van der Waals surface area contributed by atoms with Crippen LogP contribution < -0.4 is 10.3 Å². The molecule has 1 aromatic rings. The molecule has 0 amide bonds. The lowest BCUT2D eigenvalue weighted by molar-refractivity contribution is -0.141. The predicted octanol–water partition coefficient (Wildman–Crippen LogP) is 2.61. The minimum Gasteiger partial charge on any atom is -0.489 e. The molecule has 1 aromatic heterocycles. The fourth-order valence-corrected chi connectivity index (χ4v) is 2.73. The Labute approximate surface area is 166 Å². The SMILES string of the molecule is C[Si](C)(C)CCOCn1ncc(OCCOC/C=C/C(=O)O)c(C(F)(F)F)c1=O. The summed E-state index contributed by atoms with van der Waals surface area (Å²) in [5.41, 5.74) is -2.82. The Morgan fingerprint density at radius 3 is 2.52 bits per heavy atom. The Morgan fingerprint density at radius 2 is 1.93 bits per heavy atom. The standard InChI is InChI=1S/C17H25F3N2O6Si/c1-29(2,3)10-9-27-12-22-16(25)15(17(18,19)20)13(11-21-22)28-8-7-26-6-4-5-14(23)24/h4-5,11H,6-10,12H2,1-3H3,(H,23,24)/b5-4+. The van der Waals surface area contributed by atoms with Crippen molar-refractivity contribution in [3.63, 3.8) is 0 Å². The van der Waals surface area contributed by atoms with Crippen molar-refractivity contribution in [2.45, 2.75) is 38.6 Å². The van der Waals surface area contributed by atoms with Gasteiger partial charge < -0.3 is 19.3 Å². The van der Waals surface area contributed by atoms with Gasteiger partial charge in [0.2, 0.25) is 0 Å². The number of halogens is 3. The van der Waals surface area contributed by atoms with E-state index in [1.54, 1.807) is 0 Å². The molecular weight excluding hydrogens is 413 g/mol. The van der Waals surface area contributed by atoms with Gasteiger partial charge in [-0.3, -0.25) is 4.79 Å².